The number of aromatic nitrogens is 1. The Morgan fingerprint density at radius 1 is 0.727 bits per heavy atom. The molecule has 4 aromatic carbocycles. The highest BCUT2D eigenvalue weighted by atomic mass is 31.2. The van der Waals surface area contributed by atoms with Gasteiger partial charge in [-0.3, -0.25) is 0 Å². The van der Waals surface area contributed by atoms with Crippen LogP contribution < -0.4 is 35.5 Å². The van der Waals surface area contributed by atoms with Gasteiger partial charge in [0.05, 0.1) is 45.8 Å². The number of carbonyl (C=O) groups is 1. The van der Waals surface area contributed by atoms with Crippen LogP contribution >= 0.6 is 7.14 Å². The number of ether oxygens (including phenoxy) is 6. The molecule has 0 fully saturated rings. The van der Waals surface area contributed by atoms with Crippen LogP contribution in [0.25, 0.3) is 10.8 Å². The summed E-state index contributed by atoms with van der Waals surface area (Å²) in [6.07, 6.45) is 1.66. The molecule has 5 rings (SSSR count). The molecule has 0 atom stereocenters. The van der Waals surface area contributed by atoms with E-state index in [1.165, 1.54) is 0 Å². The highest BCUT2D eigenvalue weighted by Gasteiger charge is 2.21. The Balaban J connectivity index is 1.25. The molecule has 0 aliphatic rings. The molecule has 292 valence electrons. The third-order valence-electron chi connectivity index (χ3n) is 8.44. The van der Waals surface area contributed by atoms with Gasteiger partial charge in [-0.05, 0) is 60.7 Å². The van der Waals surface area contributed by atoms with Crippen LogP contribution in [0.5, 0.6) is 23.0 Å². The maximum absolute atomic E-state index is 13.3. The maximum Gasteiger partial charge on any atom is 0.323 e. The SMILES string of the molecule is COCCOCCOCCOc1cc(Nc2cc(Oc3ccc(NC(=O)Nc4cc(C(C)(C)C)cc(P(C)(C)=O)c4)c4ccccc34)ccn2)cc(OC)c1. The number of amides is 2. The van der Waals surface area contributed by atoms with Gasteiger partial charge in [-0.25, -0.2) is 9.78 Å². The summed E-state index contributed by atoms with van der Waals surface area (Å²) >= 11 is 0. The molecule has 13 heteroatoms. The Hall–Kier alpha value is -5.13. The summed E-state index contributed by atoms with van der Waals surface area (Å²) < 4.78 is 46.7. The standard InChI is InChI=1S/C42H51N4O8P/c1-42(2,3)29-22-30(26-35(23-29)55(6,7)48)45-41(47)46-38-12-13-39(37-11-9-8-10-36(37)38)54-32-14-15-43-40(28-32)44-31-24-33(50-5)27-34(25-31)53-21-20-52-19-18-51-17-16-49-4/h8-15,22-28H,16-21H2,1-7H3,(H,43,44)(H2,45,46,47). The van der Waals surface area contributed by atoms with Crippen molar-refractivity contribution in [1.82, 2.24) is 4.98 Å². The second kappa shape index (κ2) is 19.0. The normalized spacial score (nSPS) is 11.6. The van der Waals surface area contributed by atoms with E-state index < -0.39 is 13.2 Å². The first kappa shape index (κ1) is 41.0. The molecule has 0 spiro atoms. The van der Waals surface area contributed by atoms with Crippen molar-refractivity contribution in [2.45, 2.75) is 26.2 Å². The predicted molar refractivity (Wildman–Crippen MR) is 220 cm³/mol. The number of hydrogen-bond acceptors (Lipinski definition) is 10. The largest absolute Gasteiger partial charge is 0.497 e. The van der Waals surface area contributed by atoms with Crippen molar-refractivity contribution >= 4 is 52.1 Å². The molecule has 0 aliphatic heterocycles. The lowest BCUT2D eigenvalue weighted by molar-refractivity contribution is 0.0179. The third kappa shape index (κ3) is 12.2. The molecule has 0 radical (unpaired) electrons. The van der Waals surface area contributed by atoms with Gasteiger partial charge in [0, 0.05) is 65.0 Å². The fourth-order valence-electron chi connectivity index (χ4n) is 5.53. The van der Waals surface area contributed by atoms with Crippen molar-refractivity contribution in [2.75, 3.05) is 83.1 Å². The number of fused-ring (bicyclic) bond motifs is 1. The fraction of sp³-hybridized carbons (Fsp3) is 0.333. The first-order valence-electron chi connectivity index (χ1n) is 18.0. The Kier molecular flexibility index (Phi) is 14.1. The lowest BCUT2D eigenvalue weighted by atomic mass is 9.87. The average molecular weight is 771 g/mol. The van der Waals surface area contributed by atoms with Gasteiger partial charge in [0.15, 0.2) is 0 Å². The van der Waals surface area contributed by atoms with Gasteiger partial charge in [-0.1, -0.05) is 45.0 Å². The molecular weight excluding hydrogens is 719 g/mol. The zero-order chi connectivity index (χ0) is 39.4. The summed E-state index contributed by atoms with van der Waals surface area (Å²) in [5.74, 6) is 2.93. The number of methoxy groups -OCH3 is 2. The van der Waals surface area contributed by atoms with Crippen LogP contribution in [-0.2, 0) is 24.2 Å². The summed E-state index contributed by atoms with van der Waals surface area (Å²) in [6.45, 7) is 12.5. The van der Waals surface area contributed by atoms with Crippen LogP contribution in [0.4, 0.5) is 27.7 Å². The molecular formula is C42H51N4O8P. The van der Waals surface area contributed by atoms with Gasteiger partial charge in [0.2, 0.25) is 0 Å². The summed E-state index contributed by atoms with van der Waals surface area (Å²) in [5, 5.41) is 11.6. The van der Waals surface area contributed by atoms with E-state index in [4.69, 9.17) is 28.4 Å². The number of benzene rings is 4. The number of urea groups is 1. The van der Waals surface area contributed by atoms with Gasteiger partial charge < -0.3 is 48.9 Å². The third-order valence-corrected chi connectivity index (χ3v) is 9.95. The molecule has 1 heterocycles. The molecule has 0 unspecified atom stereocenters. The van der Waals surface area contributed by atoms with E-state index in [2.05, 4.69) is 41.7 Å². The molecule has 1 aromatic heterocycles. The van der Waals surface area contributed by atoms with Crippen molar-refractivity contribution in [2.24, 2.45) is 0 Å². The minimum Gasteiger partial charge on any atom is -0.497 e. The number of nitrogens with one attached hydrogen (secondary N) is 3. The molecule has 0 saturated heterocycles. The van der Waals surface area contributed by atoms with E-state index >= 15 is 0 Å². The van der Waals surface area contributed by atoms with Crippen LogP contribution in [0.3, 0.4) is 0 Å². The van der Waals surface area contributed by atoms with Gasteiger partial charge >= 0.3 is 6.03 Å². The van der Waals surface area contributed by atoms with Crippen LogP contribution in [0.2, 0.25) is 0 Å². The van der Waals surface area contributed by atoms with E-state index in [-0.39, 0.29) is 5.41 Å². The predicted octanol–water partition coefficient (Wildman–Crippen LogP) is 9.03. The molecule has 5 aromatic rings. The second-order valence-electron chi connectivity index (χ2n) is 14.2. The average Bonchev–Trinajstić information content (AvgIpc) is 3.14. The van der Waals surface area contributed by atoms with Crippen molar-refractivity contribution in [3.63, 3.8) is 0 Å². The van der Waals surface area contributed by atoms with E-state index in [9.17, 15) is 9.36 Å². The lowest BCUT2D eigenvalue weighted by Crippen LogP contribution is -2.22. The minimum absolute atomic E-state index is 0.194. The molecule has 3 N–H and O–H groups in total. The molecule has 0 aliphatic carbocycles. The topological polar surface area (TPSA) is 138 Å². The smallest absolute Gasteiger partial charge is 0.323 e. The van der Waals surface area contributed by atoms with E-state index in [0.29, 0.717) is 90.8 Å². The Morgan fingerprint density at radius 3 is 2.15 bits per heavy atom. The Labute approximate surface area is 323 Å². The number of nitrogens with zero attached hydrogens (tertiary/aromatic N) is 1. The first-order valence-corrected chi connectivity index (χ1v) is 20.6. The highest BCUT2D eigenvalue weighted by Crippen LogP contribution is 2.38. The van der Waals surface area contributed by atoms with Crippen molar-refractivity contribution in [1.29, 1.82) is 0 Å². The first-order chi connectivity index (χ1) is 26.3. The number of hydrogen-bond donors (Lipinski definition) is 3. The fourth-order valence-corrected chi connectivity index (χ4v) is 6.43. The van der Waals surface area contributed by atoms with Gasteiger partial charge in [-0.2, -0.15) is 0 Å². The number of pyridine rings is 1. The minimum atomic E-state index is -2.57. The van der Waals surface area contributed by atoms with E-state index in [0.717, 1.165) is 16.3 Å². The van der Waals surface area contributed by atoms with Crippen molar-refractivity contribution < 1.29 is 37.8 Å². The molecule has 0 saturated carbocycles. The van der Waals surface area contributed by atoms with Crippen LogP contribution in [0.1, 0.15) is 26.3 Å². The molecule has 55 heavy (non-hydrogen) atoms. The molecule has 12 nitrogen and oxygen atoms in total. The number of carbonyl (C=O) groups excluding carboxylic acids is 1. The summed E-state index contributed by atoms with van der Waals surface area (Å²) in [5.41, 5.74) is 2.69. The van der Waals surface area contributed by atoms with E-state index in [1.807, 2.05) is 54.6 Å². The number of anilines is 4. The van der Waals surface area contributed by atoms with Crippen LogP contribution in [-0.4, -0.2) is 78.2 Å². The van der Waals surface area contributed by atoms with Crippen molar-refractivity contribution in [3.8, 4) is 23.0 Å². The van der Waals surface area contributed by atoms with Gasteiger partial charge in [-0.15, -0.1) is 0 Å². The lowest BCUT2D eigenvalue weighted by Gasteiger charge is -2.22. The highest BCUT2D eigenvalue weighted by molar-refractivity contribution is 7.70. The van der Waals surface area contributed by atoms with E-state index in [1.54, 1.807) is 64.1 Å². The monoisotopic (exact) mass is 770 g/mol. The molecule has 2 amide bonds. The van der Waals surface area contributed by atoms with Crippen LogP contribution in [0, 0.1) is 0 Å². The summed E-state index contributed by atoms with van der Waals surface area (Å²) in [7, 11) is 0.663. The second-order valence-corrected chi connectivity index (χ2v) is 17.4. The quantitative estimate of drug-likeness (QED) is 0.0585. The van der Waals surface area contributed by atoms with Gasteiger partial charge in [0.25, 0.3) is 0 Å². The van der Waals surface area contributed by atoms with Crippen LogP contribution in [0.15, 0.2) is 91.1 Å². The zero-order valence-corrected chi connectivity index (χ0v) is 33.5. The summed E-state index contributed by atoms with van der Waals surface area (Å²) in [6, 6.07) is 25.6. The zero-order valence-electron chi connectivity index (χ0n) is 32.6. The maximum atomic E-state index is 13.3. The Morgan fingerprint density at radius 2 is 1.44 bits per heavy atom. The molecule has 0 bridgehead atoms. The van der Waals surface area contributed by atoms with Crippen molar-refractivity contribution in [3.05, 3.63) is 96.7 Å². The Bertz CT molecular complexity index is 2110. The summed E-state index contributed by atoms with van der Waals surface area (Å²) in [4.78, 5) is 17.8. The number of rotatable bonds is 18. The van der Waals surface area contributed by atoms with Gasteiger partial charge in [0.1, 0.15) is 42.6 Å².